The minimum Gasteiger partial charge on any atom is -0.479 e. The van der Waals surface area contributed by atoms with Crippen LogP contribution in [0, 0.1) is 17.5 Å². The Hall–Kier alpha value is -2.34. The standard InChI is InChI=1S/C15H11F3O3/c1-21-14(15(19)20)10-4-2-8(6-12(10)17)9-3-5-11(16)13(18)7-9/h2-7,14H,1H3,(H,19,20)/t14-/m1/s1. The monoisotopic (exact) mass is 296 g/mol. The molecule has 21 heavy (non-hydrogen) atoms. The van der Waals surface area contributed by atoms with Gasteiger partial charge in [-0.15, -0.1) is 0 Å². The Morgan fingerprint density at radius 3 is 2.05 bits per heavy atom. The van der Waals surface area contributed by atoms with Crippen molar-refractivity contribution in [2.45, 2.75) is 6.10 Å². The average molecular weight is 296 g/mol. The van der Waals surface area contributed by atoms with Crippen LogP contribution < -0.4 is 0 Å². The van der Waals surface area contributed by atoms with Gasteiger partial charge in [-0.05, 0) is 29.3 Å². The maximum absolute atomic E-state index is 14.0. The fraction of sp³-hybridized carbons (Fsp3) is 0.133. The molecule has 1 atom stereocenters. The van der Waals surface area contributed by atoms with Gasteiger partial charge in [0.1, 0.15) is 5.82 Å². The predicted octanol–water partition coefficient (Wildman–Crippen LogP) is 3.54. The van der Waals surface area contributed by atoms with Gasteiger partial charge in [-0.25, -0.2) is 18.0 Å². The molecule has 0 spiro atoms. The lowest BCUT2D eigenvalue weighted by molar-refractivity contribution is -0.149. The van der Waals surface area contributed by atoms with Gasteiger partial charge in [0.05, 0.1) is 0 Å². The van der Waals surface area contributed by atoms with Gasteiger partial charge in [0.15, 0.2) is 17.7 Å². The summed E-state index contributed by atoms with van der Waals surface area (Å²) in [6.07, 6.45) is -1.43. The summed E-state index contributed by atoms with van der Waals surface area (Å²) in [6, 6.07) is 6.89. The molecular formula is C15H11F3O3. The van der Waals surface area contributed by atoms with Gasteiger partial charge in [0.25, 0.3) is 0 Å². The Morgan fingerprint density at radius 1 is 1.00 bits per heavy atom. The minimum absolute atomic E-state index is 0.142. The summed E-state index contributed by atoms with van der Waals surface area (Å²) in [7, 11) is 1.15. The van der Waals surface area contributed by atoms with Crippen molar-refractivity contribution in [3.8, 4) is 11.1 Å². The van der Waals surface area contributed by atoms with Crippen molar-refractivity contribution in [2.75, 3.05) is 7.11 Å². The molecular weight excluding hydrogens is 285 g/mol. The fourth-order valence-corrected chi connectivity index (χ4v) is 1.96. The number of carbonyl (C=O) groups is 1. The zero-order valence-electron chi connectivity index (χ0n) is 10.9. The molecule has 1 N–H and O–H groups in total. The van der Waals surface area contributed by atoms with Gasteiger partial charge in [0.2, 0.25) is 0 Å². The van der Waals surface area contributed by atoms with Crippen LogP contribution in [-0.4, -0.2) is 18.2 Å². The molecule has 0 unspecified atom stereocenters. The maximum Gasteiger partial charge on any atom is 0.337 e. The second-order valence-electron chi connectivity index (χ2n) is 4.32. The summed E-state index contributed by atoms with van der Waals surface area (Å²) in [4.78, 5) is 10.9. The number of benzene rings is 2. The van der Waals surface area contributed by atoms with Crippen LogP contribution >= 0.6 is 0 Å². The first-order chi connectivity index (χ1) is 9.93. The second kappa shape index (κ2) is 5.97. The lowest BCUT2D eigenvalue weighted by Gasteiger charge is -2.13. The van der Waals surface area contributed by atoms with E-state index in [1.165, 1.54) is 18.2 Å². The number of halogens is 3. The van der Waals surface area contributed by atoms with Crippen molar-refractivity contribution >= 4 is 5.97 Å². The molecule has 6 heteroatoms. The fourth-order valence-electron chi connectivity index (χ4n) is 1.96. The van der Waals surface area contributed by atoms with E-state index in [9.17, 15) is 18.0 Å². The van der Waals surface area contributed by atoms with Crippen LogP contribution in [0.25, 0.3) is 11.1 Å². The van der Waals surface area contributed by atoms with Crippen LogP contribution in [0.3, 0.4) is 0 Å². The van der Waals surface area contributed by atoms with Crippen molar-refractivity contribution in [3.63, 3.8) is 0 Å². The highest BCUT2D eigenvalue weighted by atomic mass is 19.2. The van der Waals surface area contributed by atoms with Crippen LogP contribution in [0.15, 0.2) is 36.4 Å². The smallest absolute Gasteiger partial charge is 0.337 e. The van der Waals surface area contributed by atoms with Gasteiger partial charge in [-0.3, -0.25) is 0 Å². The third-order valence-electron chi connectivity index (χ3n) is 3.00. The maximum atomic E-state index is 14.0. The Labute approximate surface area is 118 Å². The topological polar surface area (TPSA) is 46.5 Å². The van der Waals surface area contributed by atoms with Gasteiger partial charge in [-0.1, -0.05) is 18.2 Å². The molecule has 0 saturated heterocycles. The molecule has 0 radical (unpaired) electrons. The van der Waals surface area contributed by atoms with Crippen LogP contribution in [-0.2, 0) is 9.53 Å². The second-order valence-corrected chi connectivity index (χ2v) is 4.32. The largest absolute Gasteiger partial charge is 0.479 e. The minimum atomic E-state index is -1.43. The zero-order chi connectivity index (χ0) is 15.6. The molecule has 0 bridgehead atoms. The van der Waals surface area contributed by atoms with E-state index >= 15 is 0 Å². The highest BCUT2D eigenvalue weighted by molar-refractivity contribution is 5.75. The molecule has 0 aliphatic carbocycles. The summed E-state index contributed by atoms with van der Waals surface area (Å²) in [6.45, 7) is 0. The van der Waals surface area contributed by atoms with E-state index in [-0.39, 0.29) is 11.1 Å². The lowest BCUT2D eigenvalue weighted by Crippen LogP contribution is -2.15. The molecule has 0 fully saturated rings. The number of methoxy groups -OCH3 is 1. The van der Waals surface area contributed by atoms with Crippen LogP contribution in [0.2, 0.25) is 0 Å². The molecule has 2 aromatic carbocycles. The van der Waals surface area contributed by atoms with Crippen LogP contribution in [0.5, 0.6) is 0 Å². The summed E-state index contributed by atoms with van der Waals surface area (Å²) in [5, 5.41) is 8.92. The third-order valence-corrected chi connectivity index (χ3v) is 3.00. The molecule has 0 heterocycles. The quantitative estimate of drug-likeness (QED) is 0.938. The number of ether oxygens (including phenoxy) is 1. The highest BCUT2D eigenvalue weighted by Gasteiger charge is 2.22. The Morgan fingerprint density at radius 2 is 1.57 bits per heavy atom. The van der Waals surface area contributed by atoms with E-state index in [1.807, 2.05) is 0 Å². The van der Waals surface area contributed by atoms with Crippen molar-refractivity contribution in [1.29, 1.82) is 0 Å². The highest BCUT2D eigenvalue weighted by Crippen LogP contribution is 2.27. The van der Waals surface area contributed by atoms with Gasteiger partial charge >= 0.3 is 5.97 Å². The summed E-state index contributed by atoms with van der Waals surface area (Å²) >= 11 is 0. The first-order valence-corrected chi connectivity index (χ1v) is 5.94. The van der Waals surface area contributed by atoms with Crippen LogP contribution in [0.4, 0.5) is 13.2 Å². The van der Waals surface area contributed by atoms with E-state index in [4.69, 9.17) is 9.84 Å². The van der Waals surface area contributed by atoms with E-state index in [0.717, 1.165) is 25.3 Å². The van der Waals surface area contributed by atoms with E-state index in [1.54, 1.807) is 0 Å². The zero-order valence-corrected chi connectivity index (χ0v) is 10.9. The summed E-state index contributed by atoms with van der Waals surface area (Å²) in [5.41, 5.74) is 0.440. The molecule has 110 valence electrons. The van der Waals surface area contributed by atoms with Crippen molar-refractivity contribution < 1.29 is 27.8 Å². The normalized spacial score (nSPS) is 12.2. The van der Waals surface area contributed by atoms with Crippen molar-refractivity contribution in [1.82, 2.24) is 0 Å². The molecule has 0 amide bonds. The molecule has 0 saturated carbocycles. The van der Waals surface area contributed by atoms with Crippen molar-refractivity contribution in [3.05, 3.63) is 59.4 Å². The molecule has 2 aromatic rings. The summed E-state index contributed by atoms with van der Waals surface area (Å²) < 4.78 is 44.7. The number of aliphatic carboxylic acids is 1. The number of hydrogen-bond acceptors (Lipinski definition) is 2. The Bertz CT molecular complexity index is 686. The van der Waals surface area contributed by atoms with Crippen LogP contribution in [0.1, 0.15) is 11.7 Å². The predicted molar refractivity (Wildman–Crippen MR) is 69.1 cm³/mol. The third kappa shape index (κ3) is 3.05. The first-order valence-electron chi connectivity index (χ1n) is 5.94. The van der Waals surface area contributed by atoms with E-state index in [0.29, 0.717) is 5.56 Å². The lowest BCUT2D eigenvalue weighted by atomic mass is 10.0. The number of carboxylic acids is 1. The first kappa shape index (κ1) is 15.1. The molecule has 2 rings (SSSR count). The Kier molecular flexibility index (Phi) is 4.28. The Balaban J connectivity index is 2.43. The van der Waals surface area contributed by atoms with Gasteiger partial charge < -0.3 is 9.84 Å². The van der Waals surface area contributed by atoms with Gasteiger partial charge in [0, 0.05) is 12.7 Å². The molecule has 3 nitrogen and oxygen atoms in total. The summed E-state index contributed by atoms with van der Waals surface area (Å²) in [5.74, 6) is -4.16. The molecule has 0 aliphatic rings. The van der Waals surface area contributed by atoms with Gasteiger partial charge in [-0.2, -0.15) is 0 Å². The van der Waals surface area contributed by atoms with E-state index in [2.05, 4.69) is 0 Å². The molecule has 0 aromatic heterocycles. The van der Waals surface area contributed by atoms with Crippen molar-refractivity contribution in [2.24, 2.45) is 0 Å². The SMILES string of the molecule is CO[C@@H](C(=O)O)c1ccc(-c2ccc(F)c(F)c2)cc1F. The molecule has 0 aliphatic heterocycles. The number of rotatable bonds is 4. The number of hydrogen-bond donors (Lipinski definition) is 1. The van der Waals surface area contributed by atoms with E-state index < -0.39 is 29.5 Å². The average Bonchev–Trinajstić information content (AvgIpc) is 2.44. The number of carboxylic acid groups (broad SMARTS) is 1.